The van der Waals surface area contributed by atoms with E-state index in [0.29, 0.717) is 15.9 Å². The molecule has 2 heterocycles. The van der Waals surface area contributed by atoms with Crippen LogP contribution >= 0.6 is 46.4 Å². The van der Waals surface area contributed by atoms with Crippen molar-refractivity contribution in [2.45, 2.75) is 0 Å². The number of pyridine rings is 2. The van der Waals surface area contributed by atoms with Crippen molar-refractivity contribution in [1.29, 1.82) is 0 Å². The summed E-state index contributed by atoms with van der Waals surface area (Å²) in [6, 6.07) is 3.18. The van der Waals surface area contributed by atoms with Gasteiger partial charge in [0.15, 0.2) is 0 Å². The maximum Gasteiger partial charge on any atom is 0.148 e. The first-order chi connectivity index (χ1) is 6.58. The fraction of sp³-hybridized carbons (Fsp3) is 0. The van der Waals surface area contributed by atoms with Gasteiger partial charge in [-0.05, 0) is 6.07 Å². The second-order valence-corrected chi connectivity index (χ2v) is 4.07. The molecule has 0 fully saturated rings. The average Bonchev–Trinajstić information content (AvgIpc) is 2.08. The smallest absolute Gasteiger partial charge is 0.148 e. The number of rotatable bonds is 0. The van der Waals surface area contributed by atoms with E-state index in [2.05, 4.69) is 9.97 Å². The zero-order valence-electron chi connectivity index (χ0n) is 6.56. The zero-order chi connectivity index (χ0) is 10.3. The molecule has 14 heavy (non-hydrogen) atoms. The van der Waals surface area contributed by atoms with Gasteiger partial charge in [0.1, 0.15) is 15.5 Å². The molecular formula is C8H2Cl4N2. The van der Waals surface area contributed by atoms with Gasteiger partial charge < -0.3 is 0 Å². The van der Waals surface area contributed by atoms with Crippen LogP contribution in [0.15, 0.2) is 12.1 Å². The summed E-state index contributed by atoms with van der Waals surface area (Å²) in [6.45, 7) is 0. The molecule has 0 amide bonds. The normalized spacial score (nSPS) is 10.9. The SMILES string of the molecule is Clc1cc2nc(Cl)c(Cl)cc2c(Cl)n1. The van der Waals surface area contributed by atoms with Gasteiger partial charge in [-0.25, -0.2) is 9.97 Å². The molecule has 72 valence electrons. The van der Waals surface area contributed by atoms with E-state index in [1.165, 1.54) is 0 Å². The summed E-state index contributed by atoms with van der Waals surface area (Å²) >= 11 is 23.1. The molecule has 0 saturated carbocycles. The Bertz CT molecular complexity index is 512. The third-order valence-corrected chi connectivity index (χ3v) is 2.80. The van der Waals surface area contributed by atoms with E-state index < -0.39 is 0 Å². The summed E-state index contributed by atoms with van der Waals surface area (Å²) in [4.78, 5) is 7.88. The molecule has 2 aromatic rings. The van der Waals surface area contributed by atoms with Crippen molar-refractivity contribution in [2.24, 2.45) is 0 Å². The molecule has 2 aromatic heterocycles. The highest BCUT2D eigenvalue weighted by Crippen LogP contribution is 2.29. The Morgan fingerprint density at radius 3 is 2.29 bits per heavy atom. The lowest BCUT2D eigenvalue weighted by Gasteiger charge is -2.02. The van der Waals surface area contributed by atoms with Gasteiger partial charge in [0.2, 0.25) is 0 Å². The van der Waals surface area contributed by atoms with Crippen molar-refractivity contribution in [3.05, 3.63) is 32.6 Å². The monoisotopic (exact) mass is 266 g/mol. The lowest BCUT2D eigenvalue weighted by molar-refractivity contribution is 1.32. The van der Waals surface area contributed by atoms with E-state index >= 15 is 0 Å². The van der Waals surface area contributed by atoms with Crippen LogP contribution in [0, 0.1) is 0 Å². The number of hydrogen-bond acceptors (Lipinski definition) is 2. The molecule has 6 heteroatoms. The zero-order valence-corrected chi connectivity index (χ0v) is 9.58. The van der Waals surface area contributed by atoms with Gasteiger partial charge in [0.25, 0.3) is 0 Å². The summed E-state index contributed by atoms with van der Waals surface area (Å²) in [7, 11) is 0. The van der Waals surface area contributed by atoms with Crippen LogP contribution < -0.4 is 0 Å². The topological polar surface area (TPSA) is 25.8 Å². The maximum atomic E-state index is 5.85. The van der Waals surface area contributed by atoms with Crippen LogP contribution in [-0.4, -0.2) is 9.97 Å². The minimum absolute atomic E-state index is 0.220. The predicted molar refractivity (Wildman–Crippen MR) is 59.6 cm³/mol. The van der Waals surface area contributed by atoms with Gasteiger partial charge in [0, 0.05) is 11.5 Å². The summed E-state index contributed by atoms with van der Waals surface area (Å²) in [5, 5.41) is 1.72. The third kappa shape index (κ3) is 1.75. The largest absolute Gasteiger partial charge is 0.234 e. The van der Waals surface area contributed by atoms with Crippen LogP contribution in [0.1, 0.15) is 0 Å². The minimum atomic E-state index is 0.220. The van der Waals surface area contributed by atoms with E-state index in [4.69, 9.17) is 46.4 Å². The van der Waals surface area contributed by atoms with Crippen molar-refractivity contribution >= 4 is 57.3 Å². The van der Waals surface area contributed by atoms with Crippen LogP contribution in [0.2, 0.25) is 20.5 Å². The molecule has 0 aliphatic carbocycles. The van der Waals surface area contributed by atoms with Gasteiger partial charge >= 0.3 is 0 Å². The van der Waals surface area contributed by atoms with Crippen molar-refractivity contribution in [1.82, 2.24) is 9.97 Å². The summed E-state index contributed by atoms with van der Waals surface area (Å²) in [5.74, 6) is 0. The molecule has 0 saturated heterocycles. The highest BCUT2D eigenvalue weighted by Gasteiger charge is 2.07. The van der Waals surface area contributed by atoms with Crippen molar-refractivity contribution in [3.8, 4) is 0 Å². The number of hydrogen-bond donors (Lipinski definition) is 0. The Morgan fingerprint density at radius 2 is 1.57 bits per heavy atom. The van der Waals surface area contributed by atoms with E-state index in [0.717, 1.165) is 0 Å². The lowest BCUT2D eigenvalue weighted by atomic mass is 10.3. The molecule has 0 N–H and O–H groups in total. The van der Waals surface area contributed by atoms with Crippen molar-refractivity contribution in [2.75, 3.05) is 0 Å². The van der Waals surface area contributed by atoms with Crippen LogP contribution in [0.5, 0.6) is 0 Å². The number of halogens is 4. The quantitative estimate of drug-likeness (QED) is 0.667. The second-order valence-electron chi connectivity index (χ2n) is 2.56. The van der Waals surface area contributed by atoms with Gasteiger partial charge in [-0.3, -0.25) is 0 Å². The highest BCUT2D eigenvalue weighted by atomic mass is 35.5. The van der Waals surface area contributed by atoms with Gasteiger partial charge in [0.05, 0.1) is 10.5 Å². The number of fused-ring (bicyclic) bond motifs is 1. The summed E-state index contributed by atoms with van der Waals surface area (Å²) in [6.07, 6.45) is 0. The molecule has 0 spiro atoms. The molecule has 0 aromatic carbocycles. The predicted octanol–water partition coefficient (Wildman–Crippen LogP) is 4.24. The fourth-order valence-corrected chi connectivity index (χ4v) is 1.82. The second kappa shape index (κ2) is 3.70. The molecule has 2 rings (SSSR count). The molecule has 0 radical (unpaired) electrons. The molecule has 0 aliphatic heterocycles. The molecular weight excluding hydrogens is 266 g/mol. The first kappa shape index (κ1) is 10.2. The molecule has 0 unspecified atom stereocenters. The number of nitrogens with zero attached hydrogens (tertiary/aromatic N) is 2. The maximum absolute atomic E-state index is 5.85. The summed E-state index contributed by atoms with van der Waals surface area (Å²) < 4.78 is 0. The Kier molecular flexibility index (Phi) is 2.71. The van der Waals surface area contributed by atoms with Crippen molar-refractivity contribution < 1.29 is 0 Å². The fourth-order valence-electron chi connectivity index (χ4n) is 1.05. The van der Waals surface area contributed by atoms with E-state index in [9.17, 15) is 0 Å². The molecule has 2 nitrogen and oxygen atoms in total. The minimum Gasteiger partial charge on any atom is -0.234 e. The Labute approximate surface area is 99.8 Å². The van der Waals surface area contributed by atoms with E-state index in [1.807, 2.05) is 0 Å². The Balaban J connectivity index is 2.89. The molecule has 0 atom stereocenters. The molecule has 0 aliphatic rings. The Hall–Kier alpha value is -0.280. The van der Waals surface area contributed by atoms with Gasteiger partial charge in [-0.1, -0.05) is 46.4 Å². The first-order valence-electron chi connectivity index (χ1n) is 3.56. The van der Waals surface area contributed by atoms with Crippen molar-refractivity contribution in [3.63, 3.8) is 0 Å². The van der Waals surface area contributed by atoms with Gasteiger partial charge in [-0.15, -0.1) is 0 Å². The average molecular weight is 268 g/mol. The molecule has 0 bridgehead atoms. The van der Waals surface area contributed by atoms with E-state index in [1.54, 1.807) is 12.1 Å². The van der Waals surface area contributed by atoms with Crippen LogP contribution in [0.25, 0.3) is 10.9 Å². The lowest BCUT2D eigenvalue weighted by Crippen LogP contribution is -1.86. The number of aromatic nitrogens is 2. The van der Waals surface area contributed by atoms with Gasteiger partial charge in [-0.2, -0.15) is 0 Å². The highest BCUT2D eigenvalue weighted by molar-refractivity contribution is 6.42. The third-order valence-electron chi connectivity index (χ3n) is 1.65. The Morgan fingerprint density at radius 1 is 0.857 bits per heavy atom. The van der Waals surface area contributed by atoms with E-state index in [-0.39, 0.29) is 15.5 Å². The summed E-state index contributed by atoms with van der Waals surface area (Å²) in [5.41, 5.74) is 0.574. The van der Waals surface area contributed by atoms with Crippen LogP contribution in [0.3, 0.4) is 0 Å². The van der Waals surface area contributed by atoms with Crippen LogP contribution in [-0.2, 0) is 0 Å². The van der Waals surface area contributed by atoms with Crippen LogP contribution in [0.4, 0.5) is 0 Å². The first-order valence-corrected chi connectivity index (χ1v) is 5.07. The standard InChI is InChI=1S/C8H2Cl4N2/c9-4-1-3-5(13-8(4)12)2-6(10)14-7(3)11/h1-2H.